The van der Waals surface area contributed by atoms with E-state index in [4.69, 9.17) is 5.11 Å². The Kier molecular flexibility index (Phi) is 4.88. The van der Waals surface area contributed by atoms with Crippen molar-refractivity contribution >= 4 is 21.9 Å². The fraction of sp³-hybridized carbons (Fsp3) is 0.846. The fourth-order valence-electron chi connectivity index (χ4n) is 3.14. The lowest BCUT2D eigenvalue weighted by atomic mass is 9.80. The van der Waals surface area contributed by atoms with Crippen LogP contribution in [0.1, 0.15) is 25.7 Å². The van der Waals surface area contributed by atoms with Crippen molar-refractivity contribution < 1.29 is 23.1 Å². The molecule has 0 spiro atoms. The van der Waals surface area contributed by atoms with Crippen molar-refractivity contribution in [2.45, 2.75) is 25.7 Å². The molecule has 1 aliphatic heterocycles. The predicted molar refractivity (Wildman–Crippen MR) is 76.1 cm³/mol. The first-order valence-electron chi connectivity index (χ1n) is 7.25. The third-order valence-electron chi connectivity index (χ3n) is 4.39. The van der Waals surface area contributed by atoms with Crippen LogP contribution < -0.4 is 0 Å². The molecule has 7 nitrogen and oxygen atoms in total. The molecule has 0 radical (unpaired) electrons. The van der Waals surface area contributed by atoms with Crippen LogP contribution in [0.15, 0.2) is 0 Å². The molecule has 0 aromatic heterocycles. The Morgan fingerprint density at radius 3 is 2.14 bits per heavy atom. The summed E-state index contributed by atoms with van der Waals surface area (Å²) in [4.78, 5) is 25.2. The highest BCUT2D eigenvalue weighted by atomic mass is 32.2. The molecule has 2 aliphatic rings. The predicted octanol–water partition coefficient (Wildman–Crippen LogP) is -0.0188. The third kappa shape index (κ3) is 3.94. The maximum Gasteiger partial charge on any atom is 0.306 e. The van der Waals surface area contributed by atoms with Gasteiger partial charge >= 0.3 is 5.97 Å². The molecular weight excluding hydrogens is 296 g/mol. The molecule has 8 heteroatoms. The van der Waals surface area contributed by atoms with Gasteiger partial charge in [0.1, 0.15) is 0 Å². The van der Waals surface area contributed by atoms with E-state index < -0.39 is 21.9 Å². The molecule has 21 heavy (non-hydrogen) atoms. The smallest absolute Gasteiger partial charge is 0.306 e. The Bertz CT molecular complexity index is 511. The number of carbonyl (C=O) groups is 2. The Labute approximate surface area is 125 Å². The number of sulfonamides is 1. The summed E-state index contributed by atoms with van der Waals surface area (Å²) in [5.74, 6) is -1.50. The summed E-state index contributed by atoms with van der Waals surface area (Å²) < 4.78 is 24.3. The highest BCUT2D eigenvalue weighted by molar-refractivity contribution is 7.88. The van der Waals surface area contributed by atoms with Crippen molar-refractivity contribution in [3.63, 3.8) is 0 Å². The standard InChI is InChI=1S/C13H22N2O5S/c1-21(19,20)15-7-5-14(6-8-15)12(16)10-3-2-4-11(9-10)13(17)18/h10-11H,2-9H2,1H3,(H,17,18). The maximum absolute atomic E-state index is 12.4. The summed E-state index contributed by atoms with van der Waals surface area (Å²) in [6.07, 6.45) is 3.70. The Morgan fingerprint density at radius 2 is 1.62 bits per heavy atom. The van der Waals surface area contributed by atoms with E-state index in [-0.39, 0.29) is 11.8 Å². The molecule has 0 aromatic rings. The van der Waals surface area contributed by atoms with Crippen LogP contribution in [0.3, 0.4) is 0 Å². The van der Waals surface area contributed by atoms with Crippen LogP contribution in [0.4, 0.5) is 0 Å². The van der Waals surface area contributed by atoms with Crippen LogP contribution in [0.25, 0.3) is 0 Å². The van der Waals surface area contributed by atoms with E-state index in [0.717, 1.165) is 12.8 Å². The molecule has 1 amide bonds. The number of nitrogens with zero attached hydrogens (tertiary/aromatic N) is 2. The number of carboxylic acids is 1. The van der Waals surface area contributed by atoms with E-state index in [1.165, 1.54) is 10.6 Å². The minimum absolute atomic E-state index is 0.0194. The van der Waals surface area contributed by atoms with Crippen molar-refractivity contribution in [1.29, 1.82) is 0 Å². The fourth-order valence-corrected chi connectivity index (χ4v) is 3.96. The molecule has 2 fully saturated rings. The lowest BCUT2D eigenvalue weighted by Gasteiger charge is -2.36. The van der Waals surface area contributed by atoms with Gasteiger partial charge in [-0.15, -0.1) is 0 Å². The lowest BCUT2D eigenvalue weighted by molar-refractivity contribution is -0.145. The van der Waals surface area contributed by atoms with Gasteiger partial charge in [-0.05, 0) is 19.3 Å². The molecule has 2 unspecified atom stereocenters. The van der Waals surface area contributed by atoms with E-state index >= 15 is 0 Å². The second-order valence-corrected chi connectivity index (χ2v) is 7.87. The van der Waals surface area contributed by atoms with Gasteiger partial charge in [0.05, 0.1) is 12.2 Å². The molecule has 120 valence electrons. The summed E-state index contributed by atoms with van der Waals surface area (Å²) in [7, 11) is -3.20. The van der Waals surface area contributed by atoms with Gasteiger partial charge in [0.15, 0.2) is 0 Å². The SMILES string of the molecule is CS(=O)(=O)N1CCN(C(=O)C2CCCC(C(=O)O)C2)CC1. The van der Waals surface area contributed by atoms with Crippen molar-refractivity contribution in [2.24, 2.45) is 11.8 Å². The average molecular weight is 318 g/mol. The van der Waals surface area contributed by atoms with Crippen LogP contribution in [0.5, 0.6) is 0 Å². The first kappa shape index (κ1) is 16.2. The van der Waals surface area contributed by atoms with Gasteiger partial charge in [-0.25, -0.2) is 8.42 Å². The summed E-state index contributed by atoms with van der Waals surface area (Å²) >= 11 is 0. The first-order valence-corrected chi connectivity index (χ1v) is 9.10. The van der Waals surface area contributed by atoms with Gasteiger partial charge in [0.25, 0.3) is 0 Å². The summed E-state index contributed by atoms with van der Waals surface area (Å²) in [6.45, 7) is 1.42. The van der Waals surface area contributed by atoms with E-state index in [1.54, 1.807) is 4.90 Å². The third-order valence-corrected chi connectivity index (χ3v) is 5.70. The van der Waals surface area contributed by atoms with E-state index in [2.05, 4.69) is 0 Å². The molecule has 1 saturated carbocycles. The molecule has 0 aromatic carbocycles. The van der Waals surface area contributed by atoms with Crippen molar-refractivity contribution in [2.75, 3.05) is 32.4 Å². The molecule has 1 aliphatic carbocycles. The molecule has 2 rings (SSSR count). The summed E-state index contributed by atoms with van der Waals surface area (Å²) in [5.41, 5.74) is 0. The van der Waals surface area contributed by atoms with Crippen LogP contribution in [-0.2, 0) is 19.6 Å². The zero-order valence-electron chi connectivity index (χ0n) is 12.2. The number of carboxylic acid groups (broad SMARTS) is 1. The van der Waals surface area contributed by atoms with Gasteiger partial charge in [0, 0.05) is 32.1 Å². The molecule has 2 atom stereocenters. The number of hydrogen-bond acceptors (Lipinski definition) is 4. The van der Waals surface area contributed by atoms with Crippen LogP contribution in [0, 0.1) is 11.8 Å². The summed E-state index contributed by atoms with van der Waals surface area (Å²) in [6, 6.07) is 0. The monoisotopic (exact) mass is 318 g/mol. The van der Waals surface area contributed by atoms with Gasteiger partial charge in [0.2, 0.25) is 15.9 Å². The zero-order chi connectivity index (χ0) is 15.6. The average Bonchev–Trinajstić information content (AvgIpc) is 2.46. The number of amides is 1. The number of rotatable bonds is 3. The minimum Gasteiger partial charge on any atom is -0.481 e. The number of aliphatic carboxylic acids is 1. The van der Waals surface area contributed by atoms with Gasteiger partial charge in [-0.2, -0.15) is 4.31 Å². The largest absolute Gasteiger partial charge is 0.481 e. The molecular formula is C13H22N2O5S. The van der Waals surface area contributed by atoms with E-state index in [1.807, 2.05) is 0 Å². The van der Waals surface area contributed by atoms with Crippen molar-refractivity contribution in [3.8, 4) is 0 Å². The maximum atomic E-state index is 12.4. The second-order valence-electron chi connectivity index (χ2n) is 5.89. The first-order chi connectivity index (χ1) is 9.79. The normalized spacial score (nSPS) is 28.3. The molecule has 1 N–H and O–H groups in total. The van der Waals surface area contributed by atoms with Gasteiger partial charge < -0.3 is 10.0 Å². The highest BCUT2D eigenvalue weighted by Gasteiger charge is 2.35. The van der Waals surface area contributed by atoms with E-state index in [0.29, 0.717) is 39.0 Å². The summed E-state index contributed by atoms with van der Waals surface area (Å²) in [5, 5.41) is 9.07. The van der Waals surface area contributed by atoms with Crippen LogP contribution >= 0.6 is 0 Å². The van der Waals surface area contributed by atoms with E-state index in [9.17, 15) is 18.0 Å². The highest BCUT2D eigenvalue weighted by Crippen LogP contribution is 2.30. The Balaban J connectivity index is 1.91. The Hall–Kier alpha value is -1.15. The van der Waals surface area contributed by atoms with Crippen molar-refractivity contribution in [3.05, 3.63) is 0 Å². The van der Waals surface area contributed by atoms with Crippen LogP contribution in [0.2, 0.25) is 0 Å². The number of piperazine rings is 1. The molecule has 1 saturated heterocycles. The lowest BCUT2D eigenvalue weighted by Crippen LogP contribution is -2.52. The van der Waals surface area contributed by atoms with Crippen LogP contribution in [-0.4, -0.2) is 67.0 Å². The van der Waals surface area contributed by atoms with Crippen molar-refractivity contribution in [1.82, 2.24) is 9.21 Å². The number of carbonyl (C=O) groups excluding carboxylic acids is 1. The molecule has 0 bridgehead atoms. The number of hydrogen-bond donors (Lipinski definition) is 1. The molecule has 1 heterocycles. The van der Waals surface area contributed by atoms with Gasteiger partial charge in [-0.3, -0.25) is 9.59 Å². The minimum atomic E-state index is -3.20. The Morgan fingerprint density at radius 1 is 1.05 bits per heavy atom. The zero-order valence-corrected chi connectivity index (χ0v) is 13.0. The van der Waals surface area contributed by atoms with Gasteiger partial charge in [-0.1, -0.05) is 6.42 Å². The topological polar surface area (TPSA) is 95.0 Å². The quantitative estimate of drug-likeness (QED) is 0.789. The second kappa shape index (κ2) is 6.31.